The quantitative estimate of drug-likeness (QED) is 0.622. The maximum atomic E-state index is 9.93. The molecule has 0 radical (unpaired) electrons. The van der Waals surface area contributed by atoms with E-state index in [0.29, 0.717) is 28.3 Å². The average molecular weight is 351 g/mol. The minimum absolute atomic E-state index is 0.0557. The molecule has 0 unspecified atom stereocenters. The summed E-state index contributed by atoms with van der Waals surface area (Å²) >= 11 is 0. The van der Waals surface area contributed by atoms with E-state index in [2.05, 4.69) is 21.8 Å². The van der Waals surface area contributed by atoms with Gasteiger partial charge in [0.2, 0.25) is 5.88 Å². The second-order valence-corrected chi connectivity index (χ2v) is 6.77. The summed E-state index contributed by atoms with van der Waals surface area (Å²) in [4.78, 5) is 8.85. The Bertz CT molecular complexity index is 998. The number of phenolic OH excluding ortho intramolecular Hbond substituents is 1. The summed E-state index contributed by atoms with van der Waals surface area (Å²) < 4.78 is 11.3. The molecule has 3 heterocycles. The van der Waals surface area contributed by atoms with Crippen LogP contribution in [0.5, 0.6) is 17.4 Å². The minimum Gasteiger partial charge on any atom is -0.508 e. The molecule has 0 amide bonds. The standard InChI is InChI=1S/C19H17N3O4/c1-18(2,24)6-5-11-7-14-16(21-9-11)26-15-4-3-12(23)8-13(15)19(14)10-25-17(20)22-19/h3-4,7-9,23-24H,10H2,1-2H3,(H2,20,22)/t19-/m0/s1. The van der Waals surface area contributed by atoms with Gasteiger partial charge < -0.3 is 25.4 Å². The Hall–Kier alpha value is -3.24. The van der Waals surface area contributed by atoms with Crippen molar-refractivity contribution in [3.05, 3.63) is 47.2 Å². The third kappa shape index (κ3) is 2.61. The first-order chi connectivity index (χ1) is 12.3. The largest absolute Gasteiger partial charge is 0.508 e. The third-order valence-electron chi connectivity index (χ3n) is 4.15. The van der Waals surface area contributed by atoms with Crippen molar-refractivity contribution in [2.24, 2.45) is 10.7 Å². The summed E-state index contributed by atoms with van der Waals surface area (Å²) in [6, 6.07) is 6.62. The van der Waals surface area contributed by atoms with Gasteiger partial charge >= 0.3 is 0 Å². The van der Waals surface area contributed by atoms with E-state index in [1.165, 1.54) is 6.07 Å². The highest BCUT2D eigenvalue weighted by Gasteiger charge is 2.47. The maximum Gasteiger partial charge on any atom is 0.283 e. The van der Waals surface area contributed by atoms with Crippen LogP contribution >= 0.6 is 0 Å². The first-order valence-corrected chi connectivity index (χ1v) is 8.02. The number of aromatic nitrogens is 1. The molecule has 1 spiro atoms. The van der Waals surface area contributed by atoms with Crippen LogP contribution in [0, 0.1) is 11.8 Å². The number of pyridine rings is 1. The minimum atomic E-state index is -1.12. The number of ether oxygens (including phenoxy) is 2. The number of nitrogens with two attached hydrogens (primary N) is 1. The smallest absolute Gasteiger partial charge is 0.283 e. The normalized spacial score (nSPS) is 20.2. The molecular formula is C19H17N3O4. The molecule has 26 heavy (non-hydrogen) atoms. The number of aliphatic hydroxyl groups is 1. The molecule has 2 aliphatic rings. The molecule has 2 aromatic rings. The molecule has 0 saturated carbocycles. The number of aromatic hydroxyl groups is 1. The highest BCUT2D eigenvalue weighted by Crippen LogP contribution is 2.50. The van der Waals surface area contributed by atoms with E-state index < -0.39 is 11.1 Å². The van der Waals surface area contributed by atoms with Crippen LogP contribution in [0.25, 0.3) is 0 Å². The number of phenols is 1. The number of fused-ring (bicyclic) bond motifs is 4. The SMILES string of the molecule is CC(C)(O)C#Cc1cnc2c(c1)[C@]1(COC(N)=N1)c1cc(O)ccc1O2. The predicted octanol–water partition coefficient (Wildman–Crippen LogP) is 1.60. The molecule has 2 aliphatic heterocycles. The molecule has 1 aromatic carbocycles. The second-order valence-electron chi connectivity index (χ2n) is 6.77. The highest BCUT2D eigenvalue weighted by molar-refractivity contribution is 5.76. The molecule has 1 atom stereocenters. The number of amidine groups is 1. The first kappa shape index (κ1) is 16.2. The molecule has 0 bridgehead atoms. The van der Waals surface area contributed by atoms with Crippen molar-refractivity contribution in [1.29, 1.82) is 0 Å². The van der Waals surface area contributed by atoms with Gasteiger partial charge in [0.25, 0.3) is 6.02 Å². The van der Waals surface area contributed by atoms with Gasteiger partial charge in [-0.05, 0) is 38.1 Å². The molecule has 0 saturated heterocycles. The topological polar surface area (TPSA) is 110 Å². The molecular weight excluding hydrogens is 334 g/mol. The van der Waals surface area contributed by atoms with Crippen molar-refractivity contribution in [2.75, 3.05) is 6.61 Å². The number of nitrogens with zero attached hydrogens (tertiary/aromatic N) is 2. The lowest BCUT2D eigenvalue weighted by atomic mass is 9.82. The summed E-state index contributed by atoms with van der Waals surface area (Å²) in [6.07, 6.45) is 1.57. The van der Waals surface area contributed by atoms with Crippen LogP contribution in [0.1, 0.15) is 30.5 Å². The molecule has 4 N–H and O–H groups in total. The number of hydrogen-bond acceptors (Lipinski definition) is 7. The molecule has 4 rings (SSSR count). The molecule has 1 aromatic heterocycles. The molecule has 0 fully saturated rings. The van der Waals surface area contributed by atoms with Gasteiger partial charge in [-0.3, -0.25) is 0 Å². The van der Waals surface area contributed by atoms with Gasteiger partial charge in [-0.15, -0.1) is 0 Å². The zero-order valence-corrected chi connectivity index (χ0v) is 14.3. The summed E-state index contributed by atoms with van der Waals surface area (Å²) in [7, 11) is 0. The van der Waals surface area contributed by atoms with Crippen molar-refractivity contribution in [3.8, 4) is 29.2 Å². The first-order valence-electron chi connectivity index (χ1n) is 8.02. The average Bonchev–Trinajstić information content (AvgIpc) is 2.96. The second kappa shape index (κ2) is 5.38. The van der Waals surface area contributed by atoms with Crippen LogP contribution in [0.2, 0.25) is 0 Å². The Morgan fingerprint density at radius 3 is 2.77 bits per heavy atom. The summed E-state index contributed by atoms with van der Waals surface area (Å²) in [5, 5.41) is 19.7. The van der Waals surface area contributed by atoms with Crippen LogP contribution < -0.4 is 10.5 Å². The Labute approximate surface area is 150 Å². The van der Waals surface area contributed by atoms with Crippen LogP contribution in [-0.2, 0) is 10.3 Å². The predicted molar refractivity (Wildman–Crippen MR) is 93.9 cm³/mol. The van der Waals surface area contributed by atoms with Gasteiger partial charge in [0.1, 0.15) is 23.7 Å². The van der Waals surface area contributed by atoms with Gasteiger partial charge in [-0.2, -0.15) is 0 Å². The van der Waals surface area contributed by atoms with Gasteiger partial charge in [-0.1, -0.05) is 11.8 Å². The summed E-state index contributed by atoms with van der Waals surface area (Å²) in [5.41, 5.74) is 5.57. The summed E-state index contributed by atoms with van der Waals surface area (Å²) in [5.74, 6) is 6.64. The fourth-order valence-electron chi connectivity index (χ4n) is 3.01. The Balaban J connectivity index is 1.92. The lowest BCUT2D eigenvalue weighted by Gasteiger charge is -2.32. The maximum absolute atomic E-state index is 9.93. The van der Waals surface area contributed by atoms with Crippen LogP contribution in [-0.4, -0.2) is 33.4 Å². The molecule has 0 aliphatic carbocycles. The van der Waals surface area contributed by atoms with Gasteiger partial charge in [-0.25, -0.2) is 9.98 Å². The van der Waals surface area contributed by atoms with Crippen molar-refractivity contribution < 1.29 is 19.7 Å². The van der Waals surface area contributed by atoms with E-state index in [1.807, 2.05) is 0 Å². The van der Waals surface area contributed by atoms with Crippen LogP contribution in [0.3, 0.4) is 0 Å². The van der Waals surface area contributed by atoms with Crippen molar-refractivity contribution in [1.82, 2.24) is 4.98 Å². The number of benzene rings is 1. The Morgan fingerprint density at radius 1 is 1.27 bits per heavy atom. The van der Waals surface area contributed by atoms with Gasteiger partial charge in [0.05, 0.1) is 5.56 Å². The lowest BCUT2D eigenvalue weighted by molar-refractivity contribution is 0.143. The van der Waals surface area contributed by atoms with Crippen LogP contribution in [0.15, 0.2) is 35.5 Å². The monoisotopic (exact) mass is 351 g/mol. The number of aliphatic imine (C=N–C) groups is 1. The lowest BCUT2D eigenvalue weighted by Crippen LogP contribution is -2.31. The fraction of sp³-hybridized carbons (Fsp3) is 0.263. The Kier molecular flexibility index (Phi) is 3.36. The van der Waals surface area contributed by atoms with Crippen molar-refractivity contribution in [3.63, 3.8) is 0 Å². The zero-order valence-electron chi connectivity index (χ0n) is 14.3. The number of hydrogen-bond donors (Lipinski definition) is 3. The van der Waals surface area contributed by atoms with Crippen molar-refractivity contribution in [2.45, 2.75) is 25.0 Å². The Morgan fingerprint density at radius 2 is 2.08 bits per heavy atom. The van der Waals surface area contributed by atoms with Crippen LogP contribution in [0.4, 0.5) is 0 Å². The number of rotatable bonds is 0. The van der Waals surface area contributed by atoms with Gasteiger partial charge in [0.15, 0.2) is 5.54 Å². The molecule has 7 nitrogen and oxygen atoms in total. The zero-order chi connectivity index (χ0) is 18.5. The highest BCUT2D eigenvalue weighted by atomic mass is 16.5. The van der Waals surface area contributed by atoms with E-state index in [1.54, 1.807) is 38.2 Å². The van der Waals surface area contributed by atoms with E-state index in [9.17, 15) is 10.2 Å². The fourth-order valence-corrected chi connectivity index (χ4v) is 3.01. The van der Waals surface area contributed by atoms with Gasteiger partial charge in [0, 0.05) is 17.3 Å². The van der Waals surface area contributed by atoms with E-state index in [-0.39, 0.29) is 18.4 Å². The van der Waals surface area contributed by atoms with E-state index in [4.69, 9.17) is 15.2 Å². The van der Waals surface area contributed by atoms with E-state index >= 15 is 0 Å². The molecule has 7 heteroatoms. The third-order valence-corrected chi connectivity index (χ3v) is 4.15. The van der Waals surface area contributed by atoms with E-state index in [0.717, 1.165) is 0 Å². The van der Waals surface area contributed by atoms with Crippen molar-refractivity contribution >= 4 is 6.02 Å². The molecule has 132 valence electrons. The summed E-state index contributed by atoms with van der Waals surface area (Å²) in [6.45, 7) is 3.37.